The molecule has 7 nitrogen and oxygen atoms in total. The van der Waals surface area contributed by atoms with Crippen molar-refractivity contribution in [1.82, 2.24) is 0 Å². The van der Waals surface area contributed by atoms with Gasteiger partial charge in [-0.1, -0.05) is 18.2 Å². The van der Waals surface area contributed by atoms with Crippen LogP contribution < -0.4 is 15.3 Å². The highest BCUT2D eigenvalue weighted by molar-refractivity contribution is 7.12. The Bertz CT molecular complexity index is 1340. The molecule has 162 valence electrons. The molecule has 0 aliphatic carbocycles. The number of fused-ring (bicyclic) bond motifs is 1. The van der Waals surface area contributed by atoms with Crippen molar-refractivity contribution in [3.63, 3.8) is 0 Å². The highest BCUT2D eigenvalue weighted by atomic mass is 32.1. The van der Waals surface area contributed by atoms with Crippen LogP contribution in [0.1, 0.15) is 25.6 Å². The highest BCUT2D eigenvalue weighted by Crippen LogP contribution is 2.26. The lowest BCUT2D eigenvalue weighted by molar-refractivity contribution is 0.0474. The molecule has 0 aliphatic heterocycles. The molecule has 0 N–H and O–H groups in total. The Morgan fingerprint density at radius 3 is 2.62 bits per heavy atom. The van der Waals surface area contributed by atoms with Gasteiger partial charge in [-0.05, 0) is 35.7 Å². The number of esters is 1. The highest BCUT2D eigenvalue weighted by Gasteiger charge is 2.21. The molecule has 0 fully saturated rings. The first-order valence-corrected chi connectivity index (χ1v) is 10.5. The molecule has 32 heavy (non-hydrogen) atoms. The van der Waals surface area contributed by atoms with Gasteiger partial charge in [-0.3, -0.25) is 4.79 Å². The first-order valence-electron chi connectivity index (χ1n) is 9.66. The van der Waals surface area contributed by atoms with Crippen LogP contribution in [0.3, 0.4) is 0 Å². The maximum absolute atomic E-state index is 12.9. The van der Waals surface area contributed by atoms with E-state index in [-0.39, 0.29) is 18.1 Å². The number of nitrogens with zero attached hydrogens (tertiary/aromatic N) is 1. The summed E-state index contributed by atoms with van der Waals surface area (Å²) in [5.74, 6) is -0.288. The maximum atomic E-state index is 12.9. The van der Waals surface area contributed by atoms with Crippen molar-refractivity contribution >= 4 is 39.9 Å². The lowest BCUT2D eigenvalue weighted by Crippen LogP contribution is -2.27. The van der Waals surface area contributed by atoms with Gasteiger partial charge in [0.15, 0.2) is 0 Å². The Morgan fingerprint density at radius 1 is 1.06 bits per heavy atom. The predicted molar refractivity (Wildman–Crippen MR) is 122 cm³/mol. The molecule has 0 aliphatic rings. The van der Waals surface area contributed by atoms with Crippen LogP contribution in [0, 0.1) is 0 Å². The second-order valence-electron chi connectivity index (χ2n) is 6.89. The van der Waals surface area contributed by atoms with Gasteiger partial charge in [-0.2, -0.15) is 0 Å². The van der Waals surface area contributed by atoms with Crippen LogP contribution in [0.25, 0.3) is 11.0 Å². The first kappa shape index (κ1) is 21.3. The molecular formula is C24H19NO6S. The van der Waals surface area contributed by atoms with Crippen molar-refractivity contribution in [2.45, 2.75) is 6.61 Å². The summed E-state index contributed by atoms with van der Waals surface area (Å²) in [6.07, 6.45) is 0. The van der Waals surface area contributed by atoms with Gasteiger partial charge in [0.1, 0.15) is 17.9 Å². The monoisotopic (exact) mass is 449 g/mol. The molecule has 8 heteroatoms. The molecule has 4 rings (SSSR count). The van der Waals surface area contributed by atoms with Crippen LogP contribution in [0.5, 0.6) is 5.75 Å². The summed E-state index contributed by atoms with van der Waals surface area (Å²) in [5.41, 5.74) is 0.961. The van der Waals surface area contributed by atoms with E-state index in [0.717, 1.165) is 0 Å². The van der Waals surface area contributed by atoms with Crippen molar-refractivity contribution in [1.29, 1.82) is 0 Å². The molecule has 2 aromatic carbocycles. The topological polar surface area (TPSA) is 86.0 Å². The number of carbonyl (C=O) groups is 2. The van der Waals surface area contributed by atoms with Gasteiger partial charge in [0.2, 0.25) is 0 Å². The van der Waals surface area contributed by atoms with E-state index < -0.39 is 11.6 Å². The second kappa shape index (κ2) is 9.07. The molecular weight excluding hydrogens is 430 g/mol. The molecule has 2 aromatic heterocycles. The number of para-hydroxylation sites is 1. The van der Waals surface area contributed by atoms with E-state index in [4.69, 9.17) is 13.9 Å². The zero-order valence-electron chi connectivity index (χ0n) is 17.4. The van der Waals surface area contributed by atoms with Crippen LogP contribution in [-0.4, -0.2) is 26.0 Å². The molecule has 4 aromatic rings. The molecule has 0 spiro atoms. The lowest BCUT2D eigenvalue weighted by Gasteiger charge is -2.19. The average Bonchev–Trinajstić information content (AvgIpc) is 3.35. The largest absolute Gasteiger partial charge is 0.497 e. The summed E-state index contributed by atoms with van der Waals surface area (Å²) in [7, 11) is 3.13. The van der Waals surface area contributed by atoms with Crippen molar-refractivity contribution in [3.8, 4) is 5.75 Å². The Balaban J connectivity index is 1.58. The number of anilines is 1. The Morgan fingerprint density at radius 2 is 1.88 bits per heavy atom. The number of hydrogen-bond donors (Lipinski definition) is 0. The summed E-state index contributed by atoms with van der Waals surface area (Å²) >= 11 is 1.33. The fourth-order valence-electron chi connectivity index (χ4n) is 3.29. The minimum Gasteiger partial charge on any atom is -0.497 e. The van der Waals surface area contributed by atoms with E-state index in [2.05, 4.69) is 0 Å². The van der Waals surface area contributed by atoms with Crippen molar-refractivity contribution in [2.24, 2.45) is 0 Å². The molecule has 0 bridgehead atoms. The predicted octanol–water partition coefficient (Wildman–Crippen LogP) is 4.50. The second-order valence-corrected chi connectivity index (χ2v) is 7.84. The average molecular weight is 449 g/mol. The van der Waals surface area contributed by atoms with Crippen LogP contribution in [-0.2, 0) is 11.3 Å². The minimum atomic E-state index is -0.610. The Labute approximate surface area is 187 Å². The first-order chi connectivity index (χ1) is 15.5. The van der Waals surface area contributed by atoms with Crippen LogP contribution in [0.4, 0.5) is 5.69 Å². The SMILES string of the molecule is COc1ccc2c(COC(=O)c3ccccc3N(C)C(=O)c3cccs3)cc(=O)oc2c1. The summed E-state index contributed by atoms with van der Waals surface area (Å²) in [6, 6.07) is 16.6. The van der Waals surface area contributed by atoms with Crippen LogP contribution in [0.15, 0.2) is 75.3 Å². The van der Waals surface area contributed by atoms with Gasteiger partial charge in [0.05, 0.1) is 23.2 Å². The number of amides is 1. The van der Waals surface area contributed by atoms with E-state index in [9.17, 15) is 14.4 Å². The Kier molecular flexibility index (Phi) is 6.04. The third kappa shape index (κ3) is 4.26. The van der Waals surface area contributed by atoms with Crippen molar-refractivity contribution in [3.05, 3.63) is 92.5 Å². The van der Waals surface area contributed by atoms with Gasteiger partial charge >= 0.3 is 11.6 Å². The van der Waals surface area contributed by atoms with E-state index >= 15 is 0 Å². The lowest BCUT2D eigenvalue weighted by atomic mass is 10.1. The van der Waals surface area contributed by atoms with Crippen molar-refractivity contribution in [2.75, 3.05) is 19.1 Å². The molecule has 0 unspecified atom stereocenters. The normalized spacial score (nSPS) is 10.7. The van der Waals surface area contributed by atoms with E-state index in [1.54, 1.807) is 61.6 Å². The van der Waals surface area contributed by atoms with Crippen LogP contribution in [0.2, 0.25) is 0 Å². The van der Waals surface area contributed by atoms with Crippen LogP contribution >= 0.6 is 11.3 Å². The fraction of sp³-hybridized carbons (Fsp3) is 0.125. The minimum absolute atomic E-state index is 0.135. The van der Waals surface area contributed by atoms with E-state index in [1.165, 1.54) is 29.4 Å². The van der Waals surface area contributed by atoms with Gasteiger partial charge in [0, 0.05) is 30.1 Å². The van der Waals surface area contributed by atoms with Crippen molar-refractivity contribution < 1.29 is 23.5 Å². The summed E-state index contributed by atoms with van der Waals surface area (Å²) in [6.45, 7) is -0.135. The molecule has 0 radical (unpaired) electrons. The fourth-order valence-corrected chi connectivity index (χ4v) is 3.99. The standard InChI is InChI=1S/C24H19NO6S/c1-25(23(27)21-8-5-11-32-21)19-7-4-3-6-18(19)24(28)30-14-15-12-22(26)31-20-13-16(29-2)9-10-17(15)20/h3-13H,14H2,1-2H3. The molecule has 0 atom stereocenters. The molecule has 1 amide bonds. The van der Waals surface area contributed by atoms with E-state index in [0.29, 0.717) is 32.8 Å². The van der Waals surface area contributed by atoms with E-state index in [1.807, 2.05) is 5.38 Å². The molecule has 2 heterocycles. The maximum Gasteiger partial charge on any atom is 0.340 e. The number of thiophene rings is 1. The summed E-state index contributed by atoms with van der Waals surface area (Å²) in [4.78, 5) is 39.6. The summed E-state index contributed by atoms with van der Waals surface area (Å²) in [5, 5.41) is 2.45. The van der Waals surface area contributed by atoms with Gasteiger partial charge in [-0.15, -0.1) is 11.3 Å². The van der Waals surface area contributed by atoms with Gasteiger partial charge in [0.25, 0.3) is 5.91 Å². The zero-order chi connectivity index (χ0) is 22.7. The smallest absolute Gasteiger partial charge is 0.340 e. The number of ether oxygens (including phenoxy) is 2. The molecule has 0 saturated carbocycles. The number of rotatable bonds is 6. The number of hydrogen-bond acceptors (Lipinski definition) is 7. The zero-order valence-corrected chi connectivity index (χ0v) is 18.2. The third-order valence-corrected chi connectivity index (χ3v) is 5.78. The quantitative estimate of drug-likeness (QED) is 0.318. The molecule has 0 saturated heterocycles. The van der Waals surface area contributed by atoms with Gasteiger partial charge < -0.3 is 18.8 Å². The Hall–Kier alpha value is -3.91. The van der Waals surface area contributed by atoms with Gasteiger partial charge in [-0.25, -0.2) is 9.59 Å². The number of benzene rings is 2. The number of carbonyl (C=O) groups excluding carboxylic acids is 2. The summed E-state index contributed by atoms with van der Waals surface area (Å²) < 4.78 is 15.9. The number of methoxy groups -OCH3 is 1. The third-order valence-electron chi connectivity index (χ3n) is 4.92.